The van der Waals surface area contributed by atoms with Gasteiger partial charge >= 0.3 is 5.97 Å². The fourth-order valence-corrected chi connectivity index (χ4v) is 2.33. The monoisotopic (exact) mass is 412 g/mol. The molecular formula is C19H20N6O5. The van der Waals surface area contributed by atoms with E-state index in [4.69, 9.17) is 15.3 Å². The summed E-state index contributed by atoms with van der Waals surface area (Å²) < 4.78 is 5.27. The standard InChI is InChI=1S/C18H17N5O4.CH3NO/c1-27-13-5-3-2-4-12(13)21-16-14(19)15(17(25)26)22-18(23-16)20-10-6-8-11(24)9-7-10;2-1-3/h2-9,24H,19H2,1H3,(H,25,26)(H2,20,21,22,23);1H,(H2,2,3). The number of para-hydroxylation sites is 2. The Balaban J connectivity index is 0.00000101. The number of carboxylic acid groups (broad SMARTS) is 1. The summed E-state index contributed by atoms with van der Waals surface area (Å²) in [6, 6.07) is 13.2. The van der Waals surface area contributed by atoms with Gasteiger partial charge in [0.05, 0.1) is 12.8 Å². The molecule has 0 saturated carbocycles. The number of aromatic hydroxyl groups is 1. The van der Waals surface area contributed by atoms with E-state index in [1.54, 1.807) is 36.4 Å². The molecule has 0 fully saturated rings. The number of methoxy groups -OCH3 is 1. The van der Waals surface area contributed by atoms with Crippen LogP contribution in [-0.4, -0.2) is 39.7 Å². The second-order valence-corrected chi connectivity index (χ2v) is 5.60. The van der Waals surface area contributed by atoms with Crippen LogP contribution in [0, 0.1) is 0 Å². The molecule has 1 aromatic heterocycles. The van der Waals surface area contributed by atoms with Crippen molar-refractivity contribution in [3.8, 4) is 11.5 Å². The highest BCUT2D eigenvalue weighted by Crippen LogP contribution is 2.31. The first kappa shape index (κ1) is 21.8. The minimum Gasteiger partial charge on any atom is -0.508 e. The van der Waals surface area contributed by atoms with Crippen molar-refractivity contribution in [2.45, 2.75) is 0 Å². The molecule has 2 aromatic carbocycles. The third-order valence-corrected chi connectivity index (χ3v) is 3.63. The van der Waals surface area contributed by atoms with Crippen LogP contribution in [0.1, 0.15) is 10.5 Å². The molecule has 156 valence electrons. The number of anilines is 5. The maximum atomic E-state index is 11.5. The number of benzene rings is 2. The highest BCUT2D eigenvalue weighted by molar-refractivity contribution is 5.95. The number of nitrogens with one attached hydrogen (secondary N) is 2. The molecule has 0 aliphatic heterocycles. The molecule has 8 N–H and O–H groups in total. The van der Waals surface area contributed by atoms with Crippen molar-refractivity contribution < 1.29 is 24.5 Å². The molecule has 1 amide bonds. The van der Waals surface area contributed by atoms with Gasteiger partial charge in [0.25, 0.3) is 0 Å². The van der Waals surface area contributed by atoms with E-state index < -0.39 is 5.97 Å². The van der Waals surface area contributed by atoms with E-state index in [1.165, 1.54) is 19.2 Å². The van der Waals surface area contributed by atoms with E-state index in [9.17, 15) is 15.0 Å². The smallest absolute Gasteiger partial charge is 0.356 e. The predicted molar refractivity (Wildman–Crippen MR) is 111 cm³/mol. The van der Waals surface area contributed by atoms with Crippen molar-refractivity contribution in [2.75, 3.05) is 23.5 Å². The van der Waals surface area contributed by atoms with E-state index in [2.05, 4.69) is 26.3 Å². The second kappa shape index (κ2) is 10.1. The highest BCUT2D eigenvalue weighted by Gasteiger charge is 2.18. The summed E-state index contributed by atoms with van der Waals surface area (Å²) in [4.78, 5) is 28.3. The molecule has 11 nitrogen and oxygen atoms in total. The number of ether oxygens (including phenoxy) is 1. The van der Waals surface area contributed by atoms with E-state index in [0.717, 1.165) is 0 Å². The third-order valence-electron chi connectivity index (χ3n) is 3.63. The number of carbonyl (C=O) groups is 2. The van der Waals surface area contributed by atoms with Gasteiger partial charge in [0.1, 0.15) is 17.2 Å². The van der Waals surface area contributed by atoms with E-state index in [-0.39, 0.29) is 35.3 Å². The Morgan fingerprint density at radius 2 is 1.73 bits per heavy atom. The lowest BCUT2D eigenvalue weighted by atomic mass is 10.2. The molecule has 3 aromatic rings. The van der Waals surface area contributed by atoms with Crippen molar-refractivity contribution in [2.24, 2.45) is 5.73 Å². The quantitative estimate of drug-likeness (QED) is 0.258. The van der Waals surface area contributed by atoms with Gasteiger partial charge in [-0.3, -0.25) is 4.79 Å². The number of aromatic carboxylic acids is 1. The third kappa shape index (κ3) is 5.48. The van der Waals surface area contributed by atoms with Crippen LogP contribution in [0.3, 0.4) is 0 Å². The summed E-state index contributed by atoms with van der Waals surface area (Å²) in [6.45, 7) is 0. The number of hydrogen-bond donors (Lipinski definition) is 6. The van der Waals surface area contributed by atoms with E-state index in [0.29, 0.717) is 17.1 Å². The molecule has 1 heterocycles. The summed E-state index contributed by atoms with van der Waals surface area (Å²) >= 11 is 0. The molecule has 0 unspecified atom stereocenters. The average molecular weight is 412 g/mol. The molecule has 11 heteroatoms. The molecule has 30 heavy (non-hydrogen) atoms. The largest absolute Gasteiger partial charge is 0.508 e. The van der Waals surface area contributed by atoms with Crippen LogP contribution in [0.5, 0.6) is 11.5 Å². The fraction of sp³-hybridized carbons (Fsp3) is 0.0526. The van der Waals surface area contributed by atoms with Crippen LogP contribution in [-0.2, 0) is 4.79 Å². The number of phenolic OH excluding ortho intramolecular Hbond substituents is 1. The van der Waals surface area contributed by atoms with E-state index >= 15 is 0 Å². The number of nitrogens with zero attached hydrogens (tertiary/aromatic N) is 2. The zero-order valence-electron chi connectivity index (χ0n) is 15.9. The minimum absolute atomic E-state index is 0.0321. The Kier molecular flexibility index (Phi) is 7.34. The number of nitrogens with two attached hydrogens (primary N) is 2. The summed E-state index contributed by atoms with van der Waals surface area (Å²) in [5, 5.41) is 24.6. The van der Waals surface area contributed by atoms with Crippen molar-refractivity contribution in [1.29, 1.82) is 0 Å². The fourth-order valence-electron chi connectivity index (χ4n) is 2.33. The van der Waals surface area contributed by atoms with Gasteiger partial charge < -0.3 is 37.1 Å². The summed E-state index contributed by atoms with van der Waals surface area (Å²) in [7, 11) is 1.52. The minimum atomic E-state index is -1.29. The highest BCUT2D eigenvalue weighted by atomic mass is 16.5. The van der Waals surface area contributed by atoms with Gasteiger partial charge in [0.15, 0.2) is 11.5 Å². The molecule has 0 saturated heterocycles. The first-order valence-electron chi connectivity index (χ1n) is 8.41. The molecule has 3 rings (SSSR count). The summed E-state index contributed by atoms with van der Waals surface area (Å²) in [6.07, 6.45) is 0.250. The van der Waals surface area contributed by atoms with E-state index in [1.807, 2.05) is 0 Å². The van der Waals surface area contributed by atoms with Crippen LogP contribution in [0.25, 0.3) is 0 Å². The average Bonchev–Trinajstić information content (AvgIpc) is 2.72. The lowest BCUT2D eigenvalue weighted by molar-refractivity contribution is -0.106. The number of rotatable bonds is 6. The van der Waals surface area contributed by atoms with Crippen LogP contribution in [0.4, 0.5) is 28.8 Å². The van der Waals surface area contributed by atoms with Crippen LogP contribution >= 0.6 is 0 Å². The first-order valence-corrected chi connectivity index (χ1v) is 8.41. The summed E-state index contributed by atoms with van der Waals surface area (Å²) in [5.41, 5.74) is 10.8. The Morgan fingerprint density at radius 1 is 1.10 bits per heavy atom. The predicted octanol–water partition coefficient (Wildman–Crippen LogP) is 2.06. The number of primary amides is 1. The van der Waals surface area contributed by atoms with Crippen molar-refractivity contribution >= 4 is 41.2 Å². The SMILES string of the molecule is COc1ccccc1Nc1nc(Nc2ccc(O)cc2)nc(C(=O)O)c1N.NC=O. The lowest BCUT2D eigenvalue weighted by Crippen LogP contribution is -2.12. The Labute approximate surface area is 171 Å². The van der Waals surface area contributed by atoms with Gasteiger partial charge in [0.2, 0.25) is 12.4 Å². The normalized spacial score (nSPS) is 9.63. The molecule has 0 radical (unpaired) electrons. The number of hydrogen-bond acceptors (Lipinski definition) is 9. The van der Waals surface area contributed by atoms with Gasteiger partial charge in [-0.2, -0.15) is 4.98 Å². The number of nitrogen functional groups attached to an aromatic ring is 1. The zero-order valence-corrected chi connectivity index (χ0v) is 15.9. The number of carbonyl (C=O) groups excluding carboxylic acids is 1. The Morgan fingerprint density at radius 3 is 2.33 bits per heavy atom. The first-order chi connectivity index (χ1) is 14.4. The number of phenols is 1. The second-order valence-electron chi connectivity index (χ2n) is 5.60. The lowest BCUT2D eigenvalue weighted by Gasteiger charge is -2.14. The Hall–Kier alpha value is -4.54. The van der Waals surface area contributed by atoms with Gasteiger partial charge in [-0.25, -0.2) is 9.78 Å². The van der Waals surface area contributed by atoms with Gasteiger partial charge in [0, 0.05) is 5.69 Å². The molecular weight excluding hydrogens is 392 g/mol. The van der Waals surface area contributed by atoms with Gasteiger partial charge in [-0.1, -0.05) is 12.1 Å². The Bertz CT molecular complexity index is 1030. The van der Waals surface area contributed by atoms with Crippen molar-refractivity contribution in [3.63, 3.8) is 0 Å². The molecule has 0 aliphatic carbocycles. The molecule has 0 aliphatic rings. The number of carboxylic acids is 1. The number of aromatic nitrogens is 2. The van der Waals surface area contributed by atoms with Crippen molar-refractivity contribution in [3.05, 3.63) is 54.2 Å². The van der Waals surface area contributed by atoms with Crippen LogP contribution in [0.15, 0.2) is 48.5 Å². The summed E-state index contributed by atoms with van der Waals surface area (Å²) in [5.74, 6) is -0.492. The maximum absolute atomic E-state index is 11.5. The van der Waals surface area contributed by atoms with Gasteiger partial charge in [-0.05, 0) is 36.4 Å². The number of amides is 1. The zero-order chi connectivity index (χ0) is 22.1. The van der Waals surface area contributed by atoms with Gasteiger partial charge in [-0.15, -0.1) is 0 Å². The van der Waals surface area contributed by atoms with Crippen LogP contribution < -0.4 is 26.8 Å². The topological polar surface area (TPSA) is 186 Å². The molecule has 0 bridgehead atoms. The molecule has 0 atom stereocenters. The van der Waals surface area contributed by atoms with Crippen molar-refractivity contribution in [1.82, 2.24) is 9.97 Å². The maximum Gasteiger partial charge on any atom is 0.356 e. The molecule has 0 spiro atoms. The van der Waals surface area contributed by atoms with Crippen LogP contribution in [0.2, 0.25) is 0 Å².